The van der Waals surface area contributed by atoms with E-state index in [4.69, 9.17) is 4.74 Å². The minimum Gasteiger partial charge on any atom is -0.492 e. The Morgan fingerprint density at radius 3 is 2.67 bits per heavy atom. The topological polar surface area (TPSA) is 50.4 Å². The number of urea groups is 1. The second-order valence-corrected chi connectivity index (χ2v) is 4.74. The summed E-state index contributed by atoms with van der Waals surface area (Å²) in [6, 6.07) is 7.77. The first-order valence-corrected chi connectivity index (χ1v) is 6.45. The van der Waals surface area contributed by atoms with Gasteiger partial charge >= 0.3 is 6.03 Å². The fourth-order valence-electron chi connectivity index (χ4n) is 1.59. The summed E-state index contributed by atoms with van der Waals surface area (Å²) in [6.07, 6.45) is 2.49. The largest absolute Gasteiger partial charge is 0.492 e. The number of carbonyl (C=O) groups excluding carboxylic acids is 1. The summed E-state index contributed by atoms with van der Waals surface area (Å²) < 4.78 is 5.51. The zero-order chi connectivity index (χ0) is 12.8. The van der Waals surface area contributed by atoms with Gasteiger partial charge in [-0.05, 0) is 37.8 Å². The van der Waals surface area contributed by atoms with Gasteiger partial charge in [0.2, 0.25) is 0 Å². The van der Waals surface area contributed by atoms with Gasteiger partial charge in [0.25, 0.3) is 0 Å². The first kappa shape index (κ1) is 12.7. The van der Waals surface area contributed by atoms with E-state index in [-0.39, 0.29) is 6.03 Å². The highest BCUT2D eigenvalue weighted by Gasteiger charge is 2.21. The molecule has 0 saturated heterocycles. The second-order valence-electron chi connectivity index (χ2n) is 4.74. The van der Waals surface area contributed by atoms with E-state index in [1.165, 1.54) is 18.4 Å². The number of nitrogens with one attached hydrogen (secondary N) is 2. The predicted octanol–water partition coefficient (Wildman–Crippen LogP) is 2.08. The van der Waals surface area contributed by atoms with Crippen LogP contribution >= 0.6 is 0 Å². The number of benzene rings is 1. The molecule has 1 fully saturated rings. The third kappa shape index (κ3) is 4.65. The molecule has 1 aliphatic carbocycles. The van der Waals surface area contributed by atoms with Crippen LogP contribution in [-0.4, -0.2) is 25.7 Å². The van der Waals surface area contributed by atoms with Gasteiger partial charge in [-0.1, -0.05) is 17.7 Å². The Balaban J connectivity index is 1.54. The van der Waals surface area contributed by atoms with Crippen molar-refractivity contribution < 1.29 is 9.53 Å². The molecule has 0 atom stereocenters. The van der Waals surface area contributed by atoms with Gasteiger partial charge in [-0.25, -0.2) is 4.79 Å². The Labute approximate surface area is 108 Å². The smallest absolute Gasteiger partial charge is 0.314 e. The molecule has 98 valence electrons. The monoisotopic (exact) mass is 248 g/mol. The molecule has 0 heterocycles. The van der Waals surface area contributed by atoms with Crippen LogP contribution in [0, 0.1) is 12.8 Å². The summed E-state index contributed by atoms with van der Waals surface area (Å²) in [7, 11) is 0. The van der Waals surface area contributed by atoms with Gasteiger partial charge in [0.05, 0.1) is 6.54 Å². The lowest BCUT2D eigenvalue weighted by atomic mass is 10.2. The highest BCUT2D eigenvalue weighted by molar-refractivity contribution is 5.73. The van der Waals surface area contributed by atoms with Crippen molar-refractivity contribution in [1.82, 2.24) is 10.6 Å². The standard InChI is InChI=1S/C14H20N2O2/c1-11-2-6-13(7-3-11)18-9-8-15-14(17)16-10-12-4-5-12/h2-3,6-7,12H,4-5,8-10H2,1H3,(H2,15,16,17). The first-order chi connectivity index (χ1) is 8.74. The predicted molar refractivity (Wildman–Crippen MR) is 70.8 cm³/mol. The molecule has 1 aromatic rings. The fourth-order valence-corrected chi connectivity index (χ4v) is 1.59. The Bertz CT molecular complexity index is 385. The van der Waals surface area contributed by atoms with Crippen LogP contribution in [0.2, 0.25) is 0 Å². The molecular weight excluding hydrogens is 228 g/mol. The molecule has 1 aromatic carbocycles. The van der Waals surface area contributed by atoms with E-state index in [1.807, 2.05) is 31.2 Å². The molecule has 0 unspecified atom stereocenters. The van der Waals surface area contributed by atoms with Crippen LogP contribution in [0.25, 0.3) is 0 Å². The molecule has 0 aromatic heterocycles. The number of hydrogen-bond donors (Lipinski definition) is 2. The van der Waals surface area contributed by atoms with Crippen LogP contribution in [-0.2, 0) is 0 Å². The summed E-state index contributed by atoms with van der Waals surface area (Å²) >= 11 is 0. The first-order valence-electron chi connectivity index (χ1n) is 6.45. The average Bonchev–Trinajstić information content (AvgIpc) is 3.18. The summed E-state index contributed by atoms with van der Waals surface area (Å²) in [5, 5.41) is 5.62. The fraction of sp³-hybridized carbons (Fsp3) is 0.500. The van der Waals surface area contributed by atoms with Crippen molar-refractivity contribution in [2.45, 2.75) is 19.8 Å². The van der Waals surface area contributed by atoms with Gasteiger partial charge in [-0.3, -0.25) is 0 Å². The number of hydrogen-bond acceptors (Lipinski definition) is 2. The zero-order valence-electron chi connectivity index (χ0n) is 10.7. The van der Waals surface area contributed by atoms with Crippen LogP contribution in [0.15, 0.2) is 24.3 Å². The lowest BCUT2D eigenvalue weighted by Gasteiger charge is -2.08. The van der Waals surface area contributed by atoms with Crippen LogP contribution in [0.3, 0.4) is 0 Å². The molecule has 4 nitrogen and oxygen atoms in total. The molecule has 2 rings (SSSR count). The third-order valence-corrected chi connectivity index (χ3v) is 2.93. The Morgan fingerprint density at radius 2 is 2.00 bits per heavy atom. The van der Waals surface area contributed by atoms with E-state index in [1.54, 1.807) is 0 Å². The van der Waals surface area contributed by atoms with E-state index in [0.717, 1.165) is 12.3 Å². The maximum atomic E-state index is 11.4. The average molecular weight is 248 g/mol. The molecular formula is C14H20N2O2. The number of aryl methyl sites for hydroxylation is 1. The Morgan fingerprint density at radius 1 is 1.28 bits per heavy atom. The van der Waals surface area contributed by atoms with E-state index in [0.29, 0.717) is 19.1 Å². The highest BCUT2D eigenvalue weighted by Crippen LogP contribution is 2.27. The number of ether oxygens (including phenoxy) is 1. The Kier molecular flexibility index (Phi) is 4.45. The summed E-state index contributed by atoms with van der Waals surface area (Å²) in [5.74, 6) is 1.54. The highest BCUT2D eigenvalue weighted by atomic mass is 16.5. The van der Waals surface area contributed by atoms with Gasteiger partial charge in [-0.2, -0.15) is 0 Å². The van der Waals surface area contributed by atoms with Crippen molar-refractivity contribution in [1.29, 1.82) is 0 Å². The number of carbonyl (C=O) groups is 1. The van der Waals surface area contributed by atoms with Crippen molar-refractivity contribution in [3.05, 3.63) is 29.8 Å². The van der Waals surface area contributed by atoms with E-state index in [9.17, 15) is 4.79 Å². The van der Waals surface area contributed by atoms with Gasteiger partial charge in [-0.15, -0.1) is 0 Å². The minimum absolute atomic E-state index is 0.102. The molecule has 2 amide bonds. The lowest BCUT2D eigenvalue weighted by Crippen LogP contribution is -2.38. The number of rotatable bonds is 6. The third-order valence-electron chi connectivity index (χ3n) is 2.93. The van der Waals surface area contributed by atoms with Crippen LogP contribution in [0.5, 0.6) is 5.75 Å². The van der Waals surface area contributed by atoms with Crippen LogP contribution in [0.4, 0.5) is 4.79 Å². The maximum Gasteiger partial charge on any atom is 0.314 e. The van der Waals surface area contributed by atoms with E-state index < -0.39 is 0 Å². The SMILES string of the molecule is Cc1ccc(OCCNC(=O)NCC2CC2)cc1. The molecule has 18 heavy (non-hydrogen) atoms. The van der Waals surface area contributed by atoms with Gasteiger partial charge < -0.3 is 15.4 Å². The van der Waals surface area contributed by atoms with E-state index >= 15 is 0 Å². The molecule has 0 bridgehead atoms. The molecule has 0 spiro atoms. The van der Waals surface area contributed by atoms with Gasteiger partial charge in [0.1, 0.15) is 12.4 Å². The van der Waals surface area contributed by atoms with Gasteiger partial charge in [0, 0.05) is 6.54 Å². The Hall–Kier alpha value is -1.71. The molecule has 0 aliphatic heterocycles. The summed E-state index contributed by atoms with van der Waals surface area (Å²) in [6.45, 7) is 3.84. The molecule has 0 radical (unpaired) electrons. The molecule has 4 heteroatoms. The molecule has 1 saturated carbocycles. The van der Waals surface area contributed by atoms with Crippen LogP contribution in [0.1, 0.15) is 18.4 Å². The van der Waals surface area contributed by atoms with Crippen molar-refractivity contribution in [3.63, 3.8) is 0 Å². The summed E-state index contributed by atoms with van der Waals surface area (Å²) in [5.41, 5.74) is 1.21. The maximum absolute atomic E-state index is 11.4. The lowest BCUT2D eigenvalue weighted by molar-refractivity contribution is 0.236. The molecule has 2 N–H and O–H groups in total. The quantitative estimate of drug-likeness (QED) is 0.757. The van der Waals surface area contributed by atoms with Crippen LogP contribution < -0.4 is 15.4 Å². The second kappa shape index (κ2) is 6.28. The van der Waals surface area contributed by atoms with Gasteiger partial charge in [0.15, 0.2) is 0 Å². The van der Waals surface area contributed by atoms with Crippen molar-refractivity contribution >= 4 is 6.03 Å². The summed E-state index contributed by atoms with van der Waals surface area (Å²) in [4.78, 5) is 11.4. The zero-order valence-corrected chi connectivity index (χ0v) is 10.7. The number of amides is 2. The minimum atomic E-state index is -0.102. The van der Waals surface area contributed by atoms with Crippen molar-refractivity contribution in [3.8, 4) is 5.75 Å². The van der Waals surface area contributed by atoms with Crippen molar-refractivity contribution in [2.75, 3.05) is 19.7 Å². The van der Waals surface area contributed by atoms with E-state index in [2.05, 4.69) is 10.6 Å². The van der Waals surface area contributed by atoms with Crippen molar-refractivity contribution in [2.24, 2.45) is 5.92 Å². The normalized spacial score (nSPS) is 14.1. The molecule has 1 aliphatic rings.